The number of benzene rings is 1. The average molecular weight is 188 g/mol. The summed E-state index contributed by atoms with van der Waals surface area (Å²) in [6.45, 7) is 9.39. The zero-order chi connectivity index (χ0) is 10.6. The van der Waals surface area contributed by atoms with Crippen molar-refractivity contribution in [3.05, 3.63) is 54.1 Å². The van der Waals surface area contributed by atoms with Crippen molar-refractivity contribution in [1.82, 2.24) is 0 Å². The van der Waals surface area contributed by atoms with Gasteiger partial charge in [-0.1, -0.05) is 36.4 Å². The smallest absolute Gasteiger partial charge is 0.0827 e. The number of hydrogen-bond acceptors (Lipinski definition) is 1. The van der Waals surface area contributed by atoms with Crippen molar-refractivity contribution in [2.75, 3.05) is 0 Å². The normalized spacial score (nSPS) is 12.1. The second-order valence-electron chi connectivity index (χ2n) is 3.55. The number of hydrogen-bond donors (Lipinski definition) is 1. The lowest BCUT2D eigenvalue weighted by molar-refractivity contribution is 0.178. The molecule has 0 amide bonds. The van der Waals surface area contributed by atoms with Crippen molar-refractivity contribution >= 4 is 6.08 Å². The lowest BCUT2D eigenvalue weighted by Gasteiger charge is -2.11. The maximum Gasteiger partial charge on any atom is 0.0827 e. The van der Waals surface area contributed by atoms with E-state index in [1.54, 1.807) is 6.08 Å². The third-order valence-corrected chi connectivity index (χ3v) is 2.07. The summed E-state index contributed by atoms with van der Waals surface area (Å²) in [4.78, 5) is 0. The van der Waals surface area contributed by atoms with Gasteiger partial charge in [-0.2, -0.15) is 0 Å². The van der Waals surface area contributed by atoms with E-state index in [0.717, 1.165) is 16.7 Å². The van der Waals surface area contributed by atoms with Gasteiger partial charge in [-0.05, 0) is 30.5 Å². The van der Waals surface area contributed by atoms with E-state index in [1.165, 1.54) is 0 Å². The molecule has 0 aromatic heterocycles. The lowest BCUT2D eigenvalue weighted by atomic mass is 10.0. The molecule has 1 atom stereocenters. The van der Waals surface area contributed by atoms with Gasteiger partial charge in [0.25, 0.3) is 0 Å². The summed E-state index contributed by atoms with van der Waals surface area (Å²) in [5, 5.41) is 9.82. The predicted molar refractivity (Wildman–Crippen MR) is 60.9 cm³/mol. The van der Waals surface area contributed by atoms with Crippen LogP contribution < -0.4 is 0 Å². The Balaban J connectivity index is 2.83. The molecule has 0 aliphatic carbocycles. The van der Waals surface area contributed by atoms with Crippen molar-refractivity contribution in [1.29, 1.82) is 0 Å². The average Bonchev–Trinajstić information content (AvgIpc) is 2.17. The van der Waals surface area contributed by atoms with E-state index >= 15 is 0 Å². The van der Waals surface area contributed by atoms with Gasteiger partial charge in [-0.15, -0.1) is 6.58 Å². The minimum atomic E-state index is -0.451. The maximum atomic E-state index is 9.82. The van der Waals surface area contributed by atoms with E-state index in [2.05, 4.69) is 13.2 Å². The topological polar surface area (TPSA) is 20.2 Å². The molecule has 0 heterocycles. The maximum absolute atomic E-state index is 9.82. The highest BCUT2D eigenvalue weighted by Crippen LogP contribution is 2.21. The number of aliphatic hydroxyl groups excluding tert-OH is 1. The molecule has 0 spiro atoms. The van der Waals surface area contributed by atoms with Crippen LogP contribution >= 0.6 is 0 Å². The third kappa shape index (κ3) is 2.86. The summed E-state index contributed by atoms with van der Waals surface area (Å²) in [5.74, 6) is 0. The molecule has 0 aliphatic rings. The van der Waals surface area contributed by atoms with Crippen LogP contribution in [-0.2, 0) is 0 Å². The van der Waals surface area contributed by atoms with Gasteiger partial charge in [-0.3, -0.25) is 0 Å². The Morgan fingerprint density at radius 1 is 1.57 bits per heavy atom. The van der Waals surface area contributed by atoms with Gasteiger partial charge in [0.15, 0.2) is 0 Å². The fourth-order valence-electron chi connectivity index (χ4n) is 1.34. The summed E-state index contributed by atoms with van der Waals surface area (Å²) in [5.41, 5.74) is 2.94. The highest BCUT2D eigenvalue weighted by Gasteiger charge is 2.06. The van der Waals surface area contributed by atoms with Crippen LogP contribution in [0.15, 0.2) is 43.0 Å². The van der Waals surface area contributed by atoms with E-state index in [9.17, 15) is 5.11 Å². The minimum absolute atomic E-state index is 0.451. The highest BCUT2D eigenvalue weighted by molar-refractivity contribution is 5.48. The molecule has 1 aromatic rings. The SMILES string of the molecule is C=Cc1cccc(C(O)CC(=C)C)c1. The molecule has 1 nitrogen and oxygen atoms in total. The van der Waals surface area contributed by atoms with Gasteiger partial charge in [-0.25, -0.2) is 0 Å². The molecule has 1 aromatic carbocycles. The molecule has 1 heteroatoms. The molecule has 1 rings (SSSR count). The van der Waals surface area contributed by atoms with Gasteiger partial charge in [0, 0.05) is 0 Å². The second-order valence-corrected chi connectivity index (χ2v) is 3.55. The van der Waals surface area contributed by atoms with Crippen LogP contribution in [-0.4, -0.2) is 5.11 Å². The van der Waals surface area contributed by atoms with Crippen molar-refractivity contribution in [3.63, 3.8) is 0 Å². The van der Waals surface area contributed by atoms with Gasteiger partial charge < -0.3 is 5.11 Å². The van der Waals surface area contributed by atoms with Crippen LogP contribution in [0.4, 0.5) is 0 Å². The summed E-state index contributed by atoms with van der Waals surface area (Å²) in [6.07, 6.45) is 1.94. The van der Waals surface area contributed by atoms with Gasteiger partial charge in [0.05, 0.1) is 6.10 Å². The van der Waals surface area contributed by atoms with Crippen LogP contribution in [0, 0.1) is 0 Å². The van der Waals surface area contributed by atoms with Crippen molar-refractivity contribution in [2.45, 2.75) is 19.4 Å². The standard InChI is InChI=1S/C13H16O/c1-4-11-6-5-7-12(9-11)13(14)8-10(2)3/h4-7,9,13-14H,1-2,8H2,3H3. The summed E-state index contributed by atoms with van der Waals surface area (Å²) in [6, 6.07) is 7.75. The molecular formula is C13H16O. The molecule has 74 valence electrons. The van der Waals surface area contributed by atoms with Crippen molar-refractivity contribution in [2.24, 2.45) is 0 Å². The fourth-order valence-corrected chi connectivity index (χ4v) is 1.34. The van der Waals surface area contributed by atoms with Crippen molar-refractivity contribution < 1.29 is 5.11 Å². The second kappa shape index (κ2) is 4.77. The van der Waals surface area contributed by atoms with E-state index in [4.69, 9.17) is 0 Å². The van der Waals surface area contributed by atoms with Gasteiger partial charge in [0.1, 0.15) is 0 Å². The molecule has 0 saturated heterocycles. The Bertz CT molecular complexity index is 339. The zero-order valence-electron chi connectivity index (χ0n) is 8.53. The number of rotatable bonds is 4. The van der Waals surface area contributed by atoms with Crippen LogP contribution in [0.25, 0.3) is 6.08 Å². The van der Waals surface area contributed by atoms with Gasteiger partial charge in [0.2, 0.25) is 0 Å². The van der Waals surface area contributed by atoms with E-state index in [1.807, 2.05) is 31.2 Å². The summed E-state index contributed by atoms with van der Waals surface area (Å²) in [7, 11) is 0. The Morgan fingerprint density at radius 3 is 2.86 bits per heavy atom. The molecule has 0 saturated carbocycles. The van der Waals surface area contributed by atoms with Crippen molar-refractivity contribution in [3.8, 4) is 0 Å². The summed E-state index contributed by atoms with van der Waals surface area (Å²) < 4.78 is 0. The quantitative estimate of drug-likeness (QED) is 0.718. The number of aliphatic hydroxyl groups is 1. The third-order valence-electron chi connectivity index (χ3n) is 2.07. The molecule has 0 fully saturated rings. The molecule has 1 N–H and O–H groups in total. The first-order chi connectivity index (χ1) is 6.63. The van der Waals surface area contributed by atoms with Crippen LogP contribution in [0.5, 0.6) is 0 Å². The van der Waals surface area contributed by atoms with Crippen LogP contribution in [0.3, 0.4) is 0 Å². The Labute approximate surface area is 85.4 Å². The molecule has 0 bridgehead atoms. The monoisotopic (exact) mass is 188 g/mol. The summed E-state index contributed by atoms with van der Waals surface area (Å²) >= 11 is 0. The van der Waals surface area contributed by atoms with Crippen LogP contribution in [0.1, 0.15) is 30.6 Å². The fraction of sp³-hybridized carbons (Fsp3) is 0.231. The van der Waals surface area contributed by atoms with Crippen LogP contribution in [0.2, 0.25) is 0 Å². The van der Waals surface area contributed by atoms with E-state index in [0.29, 0.717) is 6.42 Å². The van der Waals surface area contributed by atoms with E-state index in [-0.39, 0.29) is 0 Å². The van der Waals surface area contributed by atoms with E-state index < -0.39 is 6.10 Å². The molecule has 1 unspecified atom stereocenters. The molecule has 14 heavy (non-hydrogen) atoms. The Hall–Kier alpha value is -1.34. The predicted octanol–water partition coefficient (Wildman–Crippen LogP) is 3.33. The zero-order valence-corrected chi connectivity index (χ0v) is 8.53. The Morgan fingerprint density at radius 2 is 2.29 bits per heavy atom. The largest absolute Gasteiger partial charge is 0.388 e. The van der Waals surface area contributed by atoms with Gasteiger partial charge >= 0.3 is 0 Å². The Kier molecular flexibility index (Phi) is 3.66. The highest BCUT2D eigenvalue weighted by atomic mass is 16.3. The first-order valence-electron chi connectivity index (χ1n) is 4.68. The molecule has 0 aliphatic heterocycles. The minimum Gasteiger partial charge on any atom is -0.388 e. The molecular weight excluding hydrogens is 172 g/mol. The first kappa shape index (κ1) is 10.7. The first-order valence-corrected chi connectivity index (χ1v) is 4.68. The molecule has 0 radical (unpaired) electrons. The lowest BCUT2D eigenvalue weighted by Crippen LogP contribution is -1.97.